The van der Waals surface area contributed by atoms with Crippen molar-refractivity contribution in [2.45, 2.75) is 33.4 Å². The van der Waals surface area contributed by atoms with Crippen molar-refractivity contribution in [3.63, 3.8) is 0 Å². The van der Waals surface area contributed by atoms with Crippen LogP contribution in [0.2, 0.25) is 5.02 Å². The molecule has 0 aliphatic heterocycles. The smallest absolute Gasteiger partial charge is 0.201 e. The van der Waals surface area contributed by atoms with Crippen molar-refractivity contribution < 1.29 is 0 Å². The molecule has 0 aliphatic carbocycles. The van der Waals surface area contributed by atoms with Gasteiger partial charge in [0.1, 0.15) is 0 Å². The minimum Gasteiger partial charge on any atom is -0.369 e. The van der Waals surface area contributed by atoms with Crippen LogP contribution in [0.1, 0.15) is 17.8 Å². The molecule has 0 fully saturated rings. The van der Waals surface area contributed by atoms with Gasteiger partial charge in [0.25, 0.3) is 0 Å². The summed E-state index contributed by atoms with van der Waals surface area (Å²) in [5.74, 6) is 0.528. The number of nitrogens with two attached hydrogens (primary N) is 1. The van der Waals surface area contributed by atoms with Crippen LogP contribution in [0, 0.1) is 13.8 Å². The minimum atomic E-state index is 0.528. The van der Waals surface area contributed by atoms with Crippen LogP contribution in [-0.4, -0.2) is 19.3 Å². The monoisotopic (exact) mass is 303 g/mol. The number of nitrogen functional groups attached to an aromatic ring is 1. The average Bonchev–Trinajstić information content (AvgIpc) is 2.89. The second-order valence-corrected chi connectivity index (χ2v) is 5.69. The summed E-state index contributed by atoms with van der Waals surface area (Å²) < 4.78 is 4.05. The topological polar surface area (TPSA) is 61.7 Å². The molecule has 1 aromatic carbocycles. The molecule has 21 heavy (non-hydrogen) atoms. The lowest BCUT2D eigenvalue weighted by atomic mass is 10.3. The van der Waals surface area contributed by atoms with Crippen LogP contribution in [0.3, 0.4) is 0 Å². The molecule has 3 rings (SSSR count). The van der Waals surface area contributed by atoms with Gasteiger partial charge in [0.15, 0.2) is 0 Å². The predicted molar refractivity (Wildman–Crippen MR) is 85.5 cm³/mol. The fourth-order valence-electron chi connectivity index (χ4n) is 2.64. The number of aromatic nitrogens is 4. The highest BCUT2D eigenvalue weighted by molar-refractivity contribution is 6.31. The zero-order chi connectivity index (χ0) is 15.0. The summed E-state index contributed by atoms with van der Waals surface area (Å²) in [6.07, 6.45) is 0.945. The third-order valence-electron chi connectivity index (χ3n) is 3.59. The van der Waals surface area contributed by atoms with Gasteiger partial charge in [-0.25, -0.2) is 4.98 Å². The van der Waals surface area contributed by atoms with Gasteiger partial charge in [-0.15, -0.1) is 0 Å². The molecule has 0 saturated heterocycles. The maximum absolute atomic E-state index is 6.00. The first-order valence-electron chi connectivity index (χ1n) is 6.97. The fourth-order valence-corrected chi connectivity index (χ4v) is 2.80. The second-order valence-electron chi connectivity index (χ2n) is 5.26. The van der Waals surface area contributed by atoms with E-state index in [0.29, 0.717) is 11.0 Å². The quantitative estimate of drug-likeness (QED) is 0.805. The number of rotatable bonds is 4. The standard InChI is InChI=1S/C15H18ClN5/c1-10-8-11(2)21(19-10)7-3-6-20-14-5-4-12(16)9-13(14)18-15(20)17/h4-5,8-9H,3,6-7H2,1-2H3,(H2,17,18). The van der Waals surface area contributed by atoms with Gasteiger partial charge in [-0.2, -0.15) is 5.10 Å². The Morgan fingerprint density at radius 1 is 1.19 bits per heavy atom. The lowest BCUT2D eigenvalue weighted by molar-refractivity contribution is 0.523. The van der Waals surface area contributed by atoms with E-state index in [-0.39, 0.29) is 0 Å². The summed E-state index contributed by atoms with van der Waals surface area (Å²) >= 11 is 5.98. The molecule has 2 heterocycles. The molecule has 5 nitrogen and oxygen atoms in total. The summed E-state index contributed by atoms with van der Waals surface area (Å²) in [4.78, 5) is 4.36. The van der Waals surface area contributed by atoms with E-state index in [4.69, 9.17) is 17.3 Å². The van der Waals surface area contributed by atoms with Crippen LogP contribution in [0.5, 0.6) is 0 Å². The number of halogens is 1. The molecule has 0 saturated carbocycles. The van der Waals surface area contributed by atoms with Gasteiger partial charge in [-0.1, -0.05) is 11.6 Å². The molecule has 0 bridgehead atoms. The van der Waals surface area contributed by atoms with E-state index in [2.05, 4.69) is 23.1 Å². The number of fused-ring (bicyclic) bond motifs is 1. The first-order valence-corrected chi connectivity index (χ1v) is 7.35. The van der Waals surface area contributed by atoms with Crippen molar-refractivity contribution in [1.82, 2.24) is 19.3 Å². The predicted octanol–water partition coefficient (Wildman–Crippen LogP) is 3.18. The van der Waals surface area contributed by atoms with E-state index in [1.807, 2.05) is 34.4 Å². The highest BCUT2D eigenvalue weighted by atomic mass is 35.5. The SMILES string of the molecule is Cc1cc(C)n(CCCn2c(N)nc3cc(Cl)ccc32)n1. The van der Waals surface area contributed by atoms with E-state index in [1.165, 1.54) is 5.69 Å². The van der Waals surface area contributed by atoms with E-state index in [1.54, 1.807) is 0 Å². The highest BCUT2D eigenvalue weighted by Crippen LogP contribution is 2.22. The van der Waals surface area contributed by atoms with E-state index in [9.17, 15) is 0 Å². The summed E-state index contributed by atoms with van der Waals surface area (Å²) in [6.45, 7) is 5.76. The Hall–Kier alpha value is -2.01. The highest BCUT2D eigenvalue weighted by Gasteiger charge is 2.08. The summed E-state index contributed by atoms with van der Waals surface area (Å²) in [5, 5.41) is 5.14. The van der Waals surface area contributed by atoms with Gasteiger partial charge in [-0.05, 0) is 44.5 Å². The zero-order valence-corrected chi connectivity index (χ0v) is 12.9. The van der Waals surface area contributed by atoms with Gasteiger partial charge in [0.2, 0.25) is 5.95 Å². The molecule has 2 aromatic heterocycles. The average molecular weight is 304 g/mol. The Labute approximate surface area is 128 Å². The van der Waals surface area contributed by atoms with Gasteiger partial charge in [0, 0.05) is 23.8 Å². The largest absolute Gasteiger partial charge is 0.369 e. The Morgan fingerprint density at radius 3 is 2.71 bits per heavy atom. The molecule has 6 heteroatoms. The van der Waals surface area contributed by atoms with Crippen molar-refractivity contribution in [3.05, 3.63) is 40.7 Å². The molecule has 0 atom stereocenters. The molecular formula is C15H18ClN5. The summed E-state index contributed by atoms with van der Waals surface area (Å²) in [6, 6.07) is 7.75. The number of nitrogens with zero attached hydrogens (tertiary/aromatic N) is 4. The van der Waals surface area contributed by atoms with Gasteiger partial charge in [-0.3, -0.25) is 4.68 Å². The Bertz CT molecular complexity index is 787. The number of benzene rings is 1. The number of aryl methyl sites for hydroxylation is 4. The third kappa shape index (κ3) is 2.74. The lowest BCUT2D eigenvalue weighted by Gasteiger charge is -2.08. The lowest BCUT2D eigenvalue weighted by Crippen LogP contribution is -2.08. The summed E-state index contributed by atoms with van der Waals surface area (Å²) in [5.41, 5.74) is 10.1. The number of anilines is 1. The van der Waals surface area contributed by atoms with Crippen molar-refractivity contribution >= 4 is 28.6 Å². The van der Waals surface area contributed by atoms with E-state index >= 15 is 0 Å². The molecular weight excluding hydrogens is 286 g/mol. The summed E-state index contributed by atoms with van der Waals surface area (Å²) in [7, 11) is 0. The fraction of sp³-hybridized carbons (Fsp3) is 0.333. The number of hydrogen-bond donors (Lipinski definition) is 1. The van der Waals surface area contributed by atoms with Crippen molar-refractivity contribution in [2.24, 2.45) is 0 Å². The molecule has 0 spiro atoms. The molecule has 0 radical (unpaired) electrons. The third-order valence-corrected chi connectivity index (χ3v) is 3.83. The molecule has 0 unspecified atom stereocenters. The van der Waals surface area contributed by atoms with Crippen LogP contribution in [0.25, 0.3) is 11.0 Å². The van der Waals surface area contributed by atoms with E-state index in [0.717, 1.165) is 36.2 Å². The Kier molecular flexibility index (Phi) is 3.59. The second kappa shape index (κ2) is 5.41. The minimum absolute atomic E-state index is 0.528. The van der Waals surface area contributed by atoms with E-state index < -0.39 is 0 Å². The molecule has 0 aliphatic rings. The molecule has 110 valence electrons. The van der Waals surface area contributed by atoms with Gasteiger partial charge in [0.05, 0.1) is 16.7 Å². The molecule has 0 amide bonds. The van der Waals surface area contributed by atoms with Crippen molar-refractivity contribution in [3.8, 4) is 0 Å². The molecule has 2 N–H and O–H groups in total. The maximum Gasteiger partial charge on any atom is 0.201 e. The maximum atomic E-state index is 6.00. The normalized spacial score (nSPS) is 11.4. The number of imidazole rings is 1. The van der Waals surface area contributed by atoms with Crippen LogP contribution in [0.4, 0.5) is 5.95 Å². The van der Waals surface area contributed by atoms with Gasteiger partial charge >= 0.3 is 0 Å². The zero-order valence-electron chi connectivity index (χ0n) is 12.2. The van der Waals surface area contributed by atoms with Crippen molar-refractivity contribution in [2.75, 3.05) is 5.73 Å². The molecule has 3 aromatic rings. The van der Waals surface area contributed by atoms with Crippen LogP contribution in [-0.2, 0) is 13.1 Å². The van der Waals surface area contributed by atoms with Crippen LogP contribution >= 0.6 is 11.6 Å². The van der Waals surface area contributed by atoms with Crippen molar-refractivity contribution in [1.29, 1.82) is 0 Å². The number of hydrogen-bond acceptors (Lipinski definition) is 3. The van der Waals surface area contributed by atoms with Gasteiger partial charge < -0.3 is 10.3 Å². The van der Waals surface area contributed by atoms with Crippen LogP contribution in [0.15, 0.2) is 24.3 Å². The first kappa shape index (κ1) is 13.9. The Morgan fingerprint density at radius 2 is 2.00 bits per heavy atom. The Balaban J connectivity index is 1.76. The van der Waals surface area contributed by atoms with Crippen LogP contribution < -0.4 is 5.73 Å². The first-order chi connectivity index (χ1) is 10.0.